The SMILES string of the molecule is [O-][N+]([O-])=C1C=CC(=C(Br)c2oc(O)c3ccccc23)C=C1. The summed E-state index contributed by atoms with van der Waals surface area (Å²) in [6, 6.07) is 7.24. The average Bonchev–Trinajstić information content (AvgIpc) is 2.84. The molecule has 0 bridgehead atoms. The van der Waals surface area contributed by atoms with Crippen molar-refractivity contribution in [1.82, 2.24) is 0 Å². The van der Waals surface area contributed by atoms with Crippen LogP contribution in [0.1, 0.15) is 5.76 Å². The van der Waals surface area contributed by atoms with Gasteiger partial charge in [0.05, 0.1) is 9.87 Å². The van der Waals surface area contributed by atoms with E-state index in [1.165, 1.54) is 12.2 Å². The Morgan fingerprint density at radius 2 is 1.67 bits per heavy atom. The van der Waals surface area contributed by atoms with E-state index in [1.54, 1.807) is 24.3 Å². The van der Waals surface area contributed by atoms with Gasteiger partial charge in [0.15, 0.2) is 5.76 Å². The fourth-order valence-corrected chi connectivity index (χ4v) is 2.66. The van der Waals surface area contributed by atoms with Gasteiger partial charge in [0, 0.05) is 17.5 Å². The summed E-state index contributed by atoms with van der Waals surface area (Å²) < 4.78 is 6.02. The predicted octanol–water partition coefficient (Wildman–Crippen LogP) is 3.82. The molecule has 0 unspecified atom stereocenters. The van der Waals surface area contributed by atoms with E-state index < -0.39 is 4.90 Å². The van der Waals surface area contributed by atoms with Gasteiger partial charge in [0.1, 0.15) is 0 Å². The lowest BCUT2D eigenvalue weighted by atomic mass is 10.1. The fraction of sp³-hybridized carbons (Fsp3) is 0. The van der Waals surface area contributed by atoms with Crippen molar-refractivity contribution >= 4 is 36.9 Å². The second-order valence-corrected chi connectivity index (χ2v) is 5.19. The number of fused-ring (bicyclic) bond motifs is 1. The van der Waals surface area contributed by atoms with E-state index in [1.807, 2.05) is 12.1 Å². The first-order chi connectivity index (χ1) is 10.1. The summed E-state index contributed by atoms with van der Waals surface area (Å²) in [5.74, 6) is 0.330. The molecule has 0 amide bonds. The molecule has 1 heterocycles. The maximum Gasteiger partial charge on any atom is 0.290 e. The molecule has 3 rings (SSSR count). The van der Waals surface area contributed by atoms with Gasteiger partial charge >= 0.3 is 0 Å². The molecule has 2 aromatic rings. The molecular formula is C15H9BrNO4-. The minimum Gasteiger partial charge on any atom is -0.612 e. The summed E-state index contributed by atoms with van der Waals surface area (Å²) in [7, 11) is 0. The fourth-order valence-electron chi connectivity index (χ4n) is 2.10. The molecule has 1 aromatic carbocycles. The Kier molecular flexibility index (Phi) is 3.31. The summed E-state index contributed by atoms with van der Waals surface area (Å²) >= 11 is 3.43. The van der Waals surface area contributed by atoms with Crippen molar-refractivity contribution in [3.8, 4) is 5.95 Å². The van der Waals surface area contributed by atoms with Crippen molar-refractivity contribution < 1.29 is 14.4 Å². The summed E-state index contributed by atoms with van der Waals surface area (Å²) in [4.78, 5) is -0.453. The van der Waals surface area contributed by atoms with Crippen LogP contribution < -0.4 is 0 Å². The monoisotopic (exact) mass is 346 g/mol. The molecule has 21 heavy (non-hydrogen) atoms. The van der Waals surface area contributed by atoms with E-state index in [9.17, 15) is 15.5 Å². The van der Waals surface area contributed by atoms with Gasteiger partial charge in [-0.25, -0.2) is 0 Å². The Balaban J connectivity index is 2.12. The highest BCUT2D eigenvalue weighted by Gasteiger charge is 2.17. The molecule has 0 atom stereocenters. The molecule has 0 spiro atoms. The first-order valence-electron chi connectivity index (χ1n) is 6.06. The molecule has 0 saturated heterocycles. The number of rotatable bonds is 1. The number of aromatic hydroxyl groups is 1. The third kappa shape index (κ3) is 2.34. The van der Waals surface area contributed by atoms with E-state index in [0.717, 1.165) is 11.0 Å². The van der Waals surface area contributed by atoms with Crippen molar-refractivity contribution in [1.29, 1.82) is 0 Å². The minimum atomic E-state index is -0.453. The molecule has 0 fully saturated rings. The second kappa shape index (κ2) is 5.14. The molecule has 0 saturated carbocycles. The van der Waals surface area contributed by atoms with Crippen molar-refractivity contribution in [2.75, 3.05) is 0 Å². The first kappa shape index (κ1) is 13.5. The van der Waals surface area contributed by atoms with Crippen LogP contribution in [0.3, 0.4) is 0 Å². The Morgan fingerprint density at radius 1 is 1.05 bits per heavy atom. The first-order valence-corrected chi connectivity index (χ1v) is 6.85. The second-order valence-electron chi connectivity index (χ2n) is 4.40. The van der Waals surface area contributed by atoms with E-state index >= 15 is 0 Å². The highest BCUT2D eigenvalue weighted by molar-refractivity contribution is 9.15. The average molecular weight is 347 g/mol. The molecule has 0 aliphatic heterocycles. The Hall–Kier alpha value is -2.47. The molecule has 5 nitrogen and oxygen atoms in total. The van der Waals surface area contributed by atoms with E-state index in [-0.39, 0.29) is 11.7 Å². The molecule has 1 aliphatic carbocycles. The van der Waals surface area contributed by atoms with Gasteiger partial charge in [-0.15, -0.1) is 0 Å². The Labute approximate surface area is 128 Å². The molecule has 1 aromatic heterocycles. The zero-order valence-corrected chi connectivity index (χ0v) is 12.2. The van der Waals surface area contributed by atoms with E-state index in [0.29, 0.717) is 15.6 Å². The number of benzene rings is 1. The quantitative estimate of drug-likeness (QED) is 0.628. The molecular weight excluding hydrogens is 338 g/mol. The van der Waals surface area contributed by atoms with Crippen LogP contribution >= 0.6 is 15.9 Å². The van der Waals surface area contributed by atoms with Crippen LogP contribution in [-0.2, 0) is 0 Å². The van der Waals surface area contributed by atoms with Crippen molar-refractivity contribution in [2.24, 2.45) is 0 Å². The number of nitrogens with zero attached hydrogens (tertiary/aromatic N) is 1. The zero-order valence-electron chi connectivity index (χ0n) is 10.6. The standard InChI is InChI=1S/C15H9BrNO4/c16-13(9-5-7-10(8-6-9)17(19)20)14-11-3-1-2-4-12(11)15(18)21-14/h1-8H,(H-,18,19,20)/q-1. The molecule has 106 valence electrons. The Bertz CT molecular complexity index is 820. The summed E-state index contributed by atoms with van der Waals surface area (Å²) in [6.45, 7) is 0. The van der Waals surface area contributed by atoms with E-state index in [2.05, 4.69) is 15.9 Å². The third-order valence-electron chi connectivity index (χ3n) is 3.13. The van der Waals surface area contributed by atoms with Gasteiger partial charge in [-0.3, -0.25) is 0 Å². The van der Waals surface area contributed by atoms with Gasteiger partial charge in [0.2, 0.25) is 5.71 Å². The normalized spacial score (nSPS) is 14.0. The molecule has 1 aliphatic rings. The summed E-state index contributed by atoms with van der Waals surface area (Å²) in [6.07, 6.45) is 6.08. The van der Waals surface area contributed by atoms with Crippen molar-refractivity contribution in [2.45, 2.75) is 0 Å². The predicted molar refractivity (Wildman–Crippen MR) is 84.0 cm³/mol. The maximum atomic E-state index is 10.7. The maximum absolute atomic E-state index is 10.7. The largest absolute Gasteiger partial charge is 0.612 e. The van der Waals surface area contributed by atoms with Crippen LogP contribution in [-0.4, -0.2) is 15.7 Å². The van der Waals surface area contributed by atoms with E-state index in [4.69, 9.17) is 4.42 Å². The van der Waals surface area contributed by atoms with Gasteiger partial charge in [-0.05, 0) is 39.7 Å². The molecule has 6 heteroatoms. The van der Waals surface area contributed by atoms with Crippen LogP contribution in [0.5, 0.6) is 5.95 Å². The molecule has 0 radical (unpaired) electrons. The lowest BCUT2D eigenvalue weighted by Gasteiger charge is -2.09. The van der Waals surface area contributed by atoms with Crippen molar-refractivity contribution in [3.63, 3.8) is 0 Å². The number of allylic oxidation sites excluding steroid dienone is 5. The van der Waals surface area contributed by atoms with Gasteiger partial charge in [0.25, 0.3) is 5.95 Å². The van der Waals surface area contributed by atoms with Gasteiger partial charge in [-0.2, -0.15) is 4.90 Å². The van der Waals surface area contributed by atoms with Gasteiger partial charge in [-0.1, -0.05) is 18.2 Å². The summed E-state index contributed by atoms with van der Waals surface area (Å²) in [5.41, 5.74) is 0.742. The number of halogens is 1. The Morgan fingerprint density at radius 3 is 2.29 bits per heavy atom. The van der Waals surface area contributed by atoms with Crippen molar-refractivity contribution in [3.05, 3.63) is 70.3 Å². The highest BCUT2D eigenvalue weighted by atomic mass is 79.9. The van der Waals surface area contributed by atoms with Gasteiger partial charge < -0.3 is 19.9 Å². The van der Waals surface area contributed by atoms with Crippen LogP contribution in [0.2, 0.25) is 0 Å². The lowest BCUT2D eigenvalue weighted by molar-refractivity contribution is -0.377. The third-order valence-corrected chi connectivity index (χ3v) is 3.95. The smallest absolute Gasteiger partial charge is 0.290 e. The molecule has 1 N–H and O–H groups in total. The summed E-state index contributed by atoms with van der Waals surface area (Å²) in [5, 5.41) is 32.5. The van der Waals surface area contributed by atoms with Crippen LogP contribution in [0.15, 0.2) is 58.6 Å². The van der Waals surface area contributed by atoms with Crippen LogP contribution in [0.25, 0.3) is 15.3 Å². The lowest BCUT2D eigenvalue weighted by Crippen LogP contribution is -2.06. The number of hydrogen-bond acceptors (Lipinski definition) is 4. The minimum absolute atomic E-state index is 0.0196. The zero-order chi connectivity index (χ0) is 15.0. The highest BCUT2D eigenvalue weighted by Crippen LogP contribution is 2.39. The van der Waals surface area contributed by atoms with Crippen LogP contribution in [0.4, 0.5) is 0 Å². The topological polar surface area (TPSA) is 82.5 Å². The number of furan rings is 1. The number of hydrogen-bond donors (Lipinski definition) is 1. The van der Waals surface area contributed by atoms with Crippen LogP contribution in [0, 0.1) is 10.4 Å².